The molecule has 4 heteroatoms. The van der Waals surface area contributed by atoms with Crippen LogP contribution in [-0.2, 0) is 4.79 Å². The van der Waals surface area contributed by atoms with E-state index in [-0.39, 0.29) is 0 Å². The van der Waals surface area contributed by atoms with Gasteiger partial charge in [-0.05, 0) is 18.2 Å². The second-order valence-corrected chi connectivity index (χ2v) is 3.61. The summed E-state index contributed by atoms with van der Waals surface area (Å²) in [6.45, 7) is 0.416. The molecule has 1 aromatic carbocycles. The van der Waals surface area contributed by atoms with Gasteiger partial charge in [-0.2, -0.15) is 0 Å². The molecule has 1 rings (SSSR count). The molecule has 0 saturated heterocycles. The summed E-state index contributed by atoms with van der Waals surface area (Å²) < 4.78 is 6.40. The standard InChI is InChI=1S/C10H12BrNO2/c1-12-9-7-8(11)3-4-10(9)14-6-2-5-13/h3-5,7,12H,2,6H2,1H3. The summed E-state index contributed by atoms with van der Waals surface area (Å²) in [6.07, 6.45) is 1.26. The van der Waals surface area contributed by atoms with Gasteiger partial charge in [0.15, 0.2) is 0 Å². The minimum atomic E-state index is 0.416. The van der Waals surface area contributed by atoms with Crippen LogP contribution in [0.5, 0.6) is 5.75 Å². The Morgan fingerprint density at radius 2 is 2.36 bits per heavy atom. The van der Waals surface area contributed by atoms with E-state index >= 15 is 0 Å². The van der Waals surface area contributed by atoms with E-state index < -0.39 is 0 Å². The second-order valence-electron chi connectivity index (χ2n) is 2.69. The third kappa shape index (κ3) is 3.03. The van der Waals surface area contributed by atoms with Gasteiger partial charge in [0.25, 0.3) is 0 Å². The lowest BCUT2D eigenvalue weighted by molar-refractivity contribution is -0.108. The smallest absolute Gasteiger partial charge is 0.142 e. The largest absolute Gasteiger partial charge is 0.491 e. The number of nitrogens with one attached hydrogen (secondary N) is 1. The van der Waals surface area contributed by atoms with Crippen LogP contribution in [0.25, 0.3) is 0 Å². The summed E-state index contributed by atoms with van der Waals surface area (Å²) in [5.74, 6) is 0.762. The summed E-state index contributed by atoms with van der Waals surface area (Å²) in [5.41, 5.74) is 0.908. The van der Waals surface area contributed by atoms with E-state index in [1.54, 1.807) is 0 Å². The first kappa shape index (κ1) is 11.0. The first-order chi connectivity index (χ1) is 6.77. The molecule has 0 amide bonds. The number of hydrogen-bond acceptors (Lipinski definition) is 3. The molecule has 0 radical (unpaired) electrons. The highest BCUT2D eigenvalue weighted by atomic mass is 79.9. The van der Waals surface area contributed by atoms with Crippen LogP contribution in [-0.4, -0.2) is 19.9 Å². The SMILES string of the molecule is CNc1cc(Br)ccc1OCCC=O. The molecule has 76 valence electrons. The molecule has 14 heavy (non-hydrogen) atoms. The molecule has 0 aromatic heterocycles. The van der Waals surface area contributed by atoms with E-state index in [9.17, 15) is 4.79 Å². The van der Waals surface area contributed by atoms with Crippen molar-refractivity contribution in [3.63, 3.8) is 0 Å². The zero-order valence-electron chi connectivity index (χ0n) is 7.92. The quantitative estimate of drug-likeness (QED) is 0.651. The Morgan fingerprint density at radius 3 is 3.00 bits per heavy atom. The Kier molecular flexibility index (Phi) is 4.46. The molecule has 3 nitrogen and oxygen atoms in total. The molecular formula is C10H12BrNO2. The Hall–Kier alpha value is -1.03. The summed E-state index contributed by atoms with van der Waals surface area (Å²) in [4.78, 5) is 10.1. The van der Waals surface area contributed by atoms with Crippen LogP contribution in [0.15, 0.2) is 22.7 Å². The van der Waals surface area contributed by atoms with E-state index in [2.05, 4.69) is 21.2 Å². The maximum Gasteiger partial charge on any atom is 0.142 e. The van der Waals surface area contributed by atoms with E-state index in [0.29, 0.717) is 13.0 Å². The lowest BCUT2D eigenvalue weighted by Gasteiger charge is -2.10. The third-order valence-electron chi connectivity index (χ3n) is 1.70. The number of halogens is 1. The highest BCUT2D eigenvalue weighted by molar-refractivity contribution is 9.10. The summed E-state index contributed by atoms with van der Waals surface area (Å²) in [6, 6.07) is 5.69. The van der Waals surface area contributed by atoms with Crippen molar-refractivity contribution in [1.29, 1.82) is 0 Å². The maximum absolute atomic E-state index is 10.1. The Morgan fingerprint density at radius 1 is 1.57 bits per heavy atom. The fourth-order valence-corrected chi connectivity index (χ4v) is 1.40. The van der Waals surface area contributed by atoms with E-state index in [4.69, 9.17) is 4.74 Å². The van der Waals surface area contributed by atoms with Crippen LogP contribution in [0.1, 0.15) is 6.42 Å². The number of ether oxygens (including phenoxy) is 1. The van der Waals surface area contributed by atoms with Gasteiger partial charge in [0.1, 0.15) is 12.0 Å². The van der Waals surface area contributed by atoms with E-state index in [1.165, 1.54) is 0 Å². The number of benzene rings is 1. The number of anilines is 1. The average Bonchev–Trinajstić information content (AvgIpc) is 2.20. The molecule has 0 unspecified atom stereocenters. The van der Waals surface area contributed by atoms with Crippen LogP contribution in [0.3, 0.4) is 0 Å². The molecule has 1 N–H and O–H groups in total. The molecule has 0 aliphatic carbocycles. The van der Waals surface area contributed by atoms with Crippen molar-refractivity contribution in [3.05, 3.63) is 22.7 Å². The summed E-state index contributed by atoms with van der Waals surface area (Å²) >= 11 is 3.37. The Labute approximate surface area is 91.6 Å². The van der Waals surface area contributed by atoms with Gasteiger partial charge in [-0.15, -0.1) is 0 Å². The first-order valence-electron chi connectivity index (χ1n) is 4.31. The highest BCUT2D eigenvalue weighted by Crippen LogP contribution is 2.27. The van der Waals surface area contributed by atoms with Crippen molar-refractivity contribution in [1.82, 2.24) is 0 Å². The number of carbonyl (C=O) groups excluding carboxylic acids is 1. The van der Waals surface area contributed by atoms with Gasteiger partial charge in [-0.25, -0.2) is 0 Å². The number of rotatable bonds is 5. The highest BCUT2D eigenvalue weighted by Gasteiger charge is 2.01. The minimum absolute atomic E-state index is 0.416. The maximum atomic E-state index is 10.1. The predicted molar refractivity (Wildman–Crippen MR) is 59.9 cm³/mol. The zero-order chi connectivity index (χ0) is 10.4. The average molecular weight is 258 g/mol. The summed E-state index contributed by atoms with van der Waals surface area (Å²) in [5, 5.41) is 3.02. The molecule has 0 atom stereocenters. The molecular weight excluding hydrogens is 246 g/mol. The van der Waals surface area contributed by atoms with Crippen molar-refractivity contribution >= 4 is 27.9 Å². The van der Waals surface area contributed by atoms with Crippen LogP contribution >= 0.6 is 15.9 Å². The second kappa shape index (κ2) is 5.65. The van der Waals surface area contributed by atoms with Crippen molar-refractivity contribution in [2.45, 2.75) is 6.42 Å². The van der Waals surface area contributed by atoms with Crippen LogP contribution in [0.4, 0.5) is 5.69 Å². The van der Waals surface area contributed by atoms with E-state index in [0.717, 1.165) is 22.2 Å². The molecule has 0 saturated carbocycles. The molecule has 0 fully saturated rings. The fraction of sp³-hybridized carbons (Fsp3) is 0.300. The Balaban J connectivity index is 2.69. The minimum Gasteiger partial charge on any atom is -0.491 e. The van der Waals surface area contributed by atoms with Crippen molar-refractivity contribution in [3.8, 4) is 5.75 Å². The first-order valence-corrected chi connectivity index (χ1v) is 5.11. The van der Waals surface area contributed by atoms with Gasteiger partial charge >= 0.3 is 0 Å². The number of carbonyl (C=O) groups is 1. The van der Waals surface area contributed by atoms with Crippen molar-refractivity contribution in [2.24, 2.45) is 0 Å². The number of aldehydes is 1. The molecule has 1 aromatic rings. The normalized spacial score (nSPS) is 9.57. The van der Waals surface area contributed by atoms with E-state index in [1.807, 2.05) is 25.2 Å². The van der Waals surface area contributed by atoms with Gasteiger partial charge in [0.05, 0.1) is 12.3 Å². The van der Waals surface area contributed by atoms with Crippen LogP contribution in [0, 0.1) is 0 Å². The lowest BCUT2D eigenvalue weighted by Crippen LogP contribution is -2.00. The molecule has 0 heterocycles. The lowest BCUT2D eigenvalue weighted by atomic mass is 10.3. The van der Waals surface area contributed by atoms with Crippen molar-refractivity contribution < 1.29 is 9.53 Å². The van der Waals surface area contributed by atoms with Gasteiger partial charge in [-0.3, -0.25) is 0 Å². The number of hydrogen-bond donors (Lipinski definition) is 1. The molecule has 0 bridgehead atoms. The van der Waals surface area contributed by atoms with Gasteiger partial charge < -0.3 is 14.8 Å². The van der Waals surface area contributed by atoms with Crippen LogP contribution < -0.4 is 10.1 Å². The predicted octanol–water partition coefficient (Wildman–Crippen LogP) is 2.46. The molecule has 0 aliphatic heterocycles. The molecule has 0 spiro atoms. The van der Waals surface area contributed by atoms with Gasteiger partial charge in [0, 0.05) is 17.9 Å². The summed E-state index contributed by atoms with van der Waals surface area (Å²) in [7, 11) is 1.83. The topological polar surface area (TPSA) is 38.3 Å². The zero-order valence-corrected chi connectivity index (χ0v) is 9.50. The molecule has 0 aliphatic rings. The van der Waals surface area contributed by atoms with Gasteiger partial charge in [0.2, 0.25) is 0 Å². The monoisotopic (exact) mass is 257 g/mol. The van der Waals surface area contributed by atoms with Crippen molar-refractivity contribution in [2.75, 3.05) is 19.0 Å². The van der Waals surface area contributed by atoms with Gasteiger partial charge in [-0.1, -0.05) is 15.9 Å². The Bertz CT molecular complexity index is 315. The third-order valence-corrected chi connectivity index (χ3v) is 2.20. The fourth-order valence-electron chi connectivity index (χ4n) is 1.04. The van der Waals surface area contributed by atoms with Crippen LogP contribution in [0.2, 0.25) is 0 Å².